The Hall–Kier alpha value is -1.23. The van der Waals surface area contributed by atoms with Gasteiger partial charge in [0, 0.05) is 11.4 Å². The zero-order chi connectivity index (χ0) is 17.1. The Labute approximate surface area is 147 Å². The number of carbonyl (C=O) groups is 1. The quantitative estimate of drug-likeness (QED) is 0.314. The molecule has 0 saturated carbocycles. The number of hydrogen-bond acceptors (Lipinski definition) is 4. The van der Waals surface area contributed by atoms with E-state index in [0.29, 0.717) is 13.0 Å². The van der Waals surface area contributed by atoms with Crippen molar-refractivity contribution in [2.75, 3.05) is 26.2 Å². The largest absolute Gasteiger partial charge is 0.496 e. The third kappa shape index (κ3) is 6.81. The van der Waals surface area contributed by atoms with Crippen molar-refractivity contribution in [3.8, 4) is 11.5 Å². The van der Waals surface area contributed by atoms with E-state index in [9.17, 15) is 4.79 Å². The number of unbranched alkanes of at least 4 members (excludes halogenated alkanes) is 1. The van der Waals surface area contributed by atoms with Crippen LogP contribution in [0.25, 0.3) is 0 Å². The number of carbonyl (C=O) groups excluding carboxylic acids is 1. The number of halogens is 1. The second-order valence-electron chi connectivity index (χ2n) is 5.41. The van der Waals surface area contributed by atoms with Crippen molar-refractivity contribution in [3.63, 3.8) is 0 Å². The van der Waals surface area contributed by atoms with E-state index in [-0.39, 0.29) is 11.9 Å². The second-order valence-corrected chi connectivity index (χ2v) is 6.21. The van der Waals surface area contributed by atoms with E-state index in [1.54, 1.807) is 7.11 Å². The van der Waals surface area contributed by atoms with Crippen LogP contribution in [-0.4, -0.2) is 32.1 Å². The highest BCUT2D eigenvalue weighted by atomic mass is 79.9. The molecule has 0 aliphatic rings. The minimum Gasteiger partial charge on any atom is -0.496 e. The van der Waals surface area contributed by atoms with E-state index in [1.165, 1.54) is 7.11 Å². The van der Waals surface area contributed by atoms with Crippen molar-refractivity contribution in [3.05, 3.63) is 23.8 Å². The standard InChI is InChI=1S/C18H27BrO4/c1-4-5-7-14(12-18(20)22-3)16-9-8-15(13-17(16)21-2)23-11-6-10-19/h8-9,13-14H,4-7,10-12H2,1-3H3. The number of rotatable bonds is 11. The van der Waals surface area contributed by atoms with Crippen LogP contribution in [-0.2, 0) is 9.53 Å². The molecule has 1 unspecified atom stereocenters. The maximum absolute atomic E-state index is 11.7. The van der Waals surface area contributed by atoms with Gasteiger partial charge in [0.15, 0.2) is 0 Å². The molecule has 1 aromatic rings. The van der Waals surface area contributed by atoms with Crippen LogP contribution in [0.2, 0.25) is 0 Å². The van der Waals surface area contributed by atoms with Crippen LogP contribution in [0.1, 0.15) is 50.5 Å². The summed E-state index contributed by atoms with van der Waals surface area (Å²) in [6.45, 7) is 2.81. The van der Waals surface area contributed by atoms with Crippen LogP contribution in [0, 0.1) is 0 Å². The van der Waals surface area contributed by atoms with Gasteiger partial charge in [0.2, 0.25) is 0 Å². The molecule has 0 aromatic heterocycles. The van der Waals surface area contributed by atoms with Crippen LogP contribution in [0.4, 0.5) is 0 Å². The Morgan fingerprint density at radius 2 is 2.04 bits per heavy atom. The first-order valence-corrected chi connectivity index (χ1v) is 9.21. The van der Waals surface area contributed by atoms with E-state index in [4.69, 9.17) is 14.2 Å². The lowest BCUT2D eigenvalue weighted by molar-refractivity contribution is -0.141. The van der Waals surface area contributed by atoms with Gasteiger partial charge < -0.3 is 14.2 Å². The number of esters is 1. The van der Waals surface area contributed by atoms with Crippen molar-refractivity contribution in [2.45, 2.75) is 44.9 Å². The Balaban J connectivity index is 2.92. The van der Waals surface area contributed by atoms with Gasteiger partial charge in [-0.2, -0.15) is 0 Å². The van der Waals surface area contributed by atoms with Gasteiger partial charge in [0.1, 0.15) is 11.5 Å². The SMILES string of the molecule is CCCCC(CC(=O)OC)c1ccc(OCCCBr)cc1OC. The lowest BCUT2D eigenvalue weighted by atomic mass is 9.90. The smallest absolute Gasteiger partial charge is 0.306 e. The molecule has 23 heavy (non-hydrogen) atoms. The second kappa shape index (κ2) is 11.3. The highest BCUT2D eigenvalue weighted by molar-refractivity contribution is 9.09. The van der Waals surface area contributed by atoms with Crippen LogP contribution in [0.3, 0.4) is 0 Å². The lowest BCUT2D eigenvalue weighted by Gasteiger charge is -2.19. The maximum Gasteiger partial charge on any atom is 0.306 e. The molecular formula is C18H27BrO4. The van der Waals surface area contributed by atoms with Crippen molar-refractivity contribution >= 4 is 21.9 Å². The Bertz CT molecular complexity index is 476. The molecule has 5 heteroatoms. The number of ether oxygens (including phenoxy) is 3. The number of hydrogen-bond donors (Lipinski definition) is 0. The van der Waals surface area contributed by atoms with E-state index >= 15 is 0 Å². The fourth-order valence-electron chi connectivity index (χ4n) is 2.47. The fraction of sp³-hybridized carbons (Fsp3) is 0.611. The van der Waals surface area contributed by atoms with Crippen LogP contribution in [0.15, 0.2) is 18.2 Å². The van der Waals surface area contributed by atoms with Crippen molar-refractivity contribution in [1.82, 2.24) is 0 Å². The predicted molar refractivity (Wildman–Crippen MR) is 95.8 cm³/mol. The van der Waals surface area contributed by atoms with Crippen molar-refractivity contribution in [2.24, 2.45) is 0 Å². The fourth-order valence-corrected chi connectivity index (χ4v) is 2.69. The molecule has 0 radical (unpaired) electrons. The third-order valence-electron chi connectivity index (χ3n) is 3.74. The Morgan fingerprint density at radius 3 is 2.65 bits per heavy atom. The van der Waals surface area contributed by atoms with Gasteiger partial charge in [-0.1, -0.05) is 41.8 Å². The molecule has 0 amide bonds. The van der Waals surface area contributed by atoms with Gasteiger partial charge in [-0.25, -0.2) is 0 Å². The van der Waals surface area contributed by atoms with Gasteiger partial charge >= 0.3 is 5.97 Å². The first-order chi connectivity index (χ1) is 11.2. The molecule has 0 saturated heterocycles. The topological polar surface area (TPSA) is 44.8 Å². The first kappa shape index (κ1) is 19.8. The molecule has 0 fully saturated rings. The Morgan fingerprint density at radius 1 is 1.26 bits per heavy atom. The molecular weight excluding hydrogens is 360 g/mol. The summed E-state index contributed by atoms with van der Waals surface area (Å²) in [5.41, 5.74) is 1.04. The van der Waals surface area contributed by atoms with Crippen LogP contribution in [0.5, 0.6) is 11.5 Å². The summed E-state index contributed by atoms with van der Waals surface area (Å²) in [4.78, 5) is 11.7. The summed E-state index contributed by atoms with van der Waals surface area (Å²) in [7, 11) is 3.08. The average molecular weight is 387 g/mol. The Kier molecular flexibility index (Phi) is 9.76. The molecule has 0 spiro atoms. The molecule has 1 rings (SSSR count). The normalized spacial score (nSPS) is 11.8. The zero-order valence-corrected chi connectivity index (χ0v) is 15.9. The molecule has 0 aliphatic heterocycles. The summed E-state index contributed by atoms with van der Waals surface area (Å²) in [5.74, 6) is 1.48. The van der Waals surface area contributed by atoms with Gasteiger partial charge in [-0.15, -0.1) is 0 Å². The van der Waals surface area contributed by atoms with Crippen molar-refractivity contribution in [1.29, 1.82) is 0 Å². The molecule has 1 atom stereocenters. The monoisotopic (exact) mass is 386 g/mol. The predicted octanol–water partition coefficient (Wildman–Crippen LogP) is 4.70. The summed E-state index contributed by atoms with van der Waals surface area (Å²) in [6.07, 6.45) is 4.41. The lowest BCUT2D eigenvalue weighted by Crippen LogP contribution is -2.10. The highest BCUT2D eigenvalue weighted by Gasteiger charge is 2.20. The first-order valence-electron chi connectivity index (χ1n) is 8.09. The molecule has 4 nitrogen and oxygen atoms in total. The number of methoxy groups -OCH3 is 2. The highest BCUT2D eigenvalue weighted by Crippen LogP contribution is 2.35. The zero-order valence-electron chi connectivity index (χ0n) is 14.3. The molecule has 0 heterocycles. The summed E-state index contributed by atoms with van der Waals surface area (Å²) in [5, 5.41) is 0.917. The average Bonchev–Trinajstić information content (AvgIpc) is 2.58. The van der Waals surface area contributed by atoms with E-state index in [0.717, 1.165) is 48.1 Å². The summed E-state index contributed by atoms with van der Waals surface area (Å²) < 4.78 is 16.1. The third-order valence-corrected chi connectivity index (χ3v) is 4.30. The van der Waals surface area contributed by atoms with Gasteiger partial charge in [0.05, 0.1) is 27.2 Å². The number of alkyl halides is 1. The maximum atomic E-state index is 11.7. The minimum absolute atomic E-state index is 0.106. The summed E-state index contributed by atoms with van der Waals surface area (Å²) >= 11 is 3.39. The van der Waals surface area contributed by atoms with Gasteiger partial charge in [-0.3, -0.25) is 4.79 Å². The molecule has 130 valence electrons. The van der Waals surface area contributed by atoms with E-state index < -0.39 is 0 Å². The molecule has 0 bridgehead atoms. The van der Waals surface area contributed by atoms with E-state index in [2.05, 4.69) is 22.9 Å². The molecule has 0 N–H and O–H groups in total. The van der Waals surface area contributed by atoms with Gasteiger partial charge in [-0.05, 0) is 30.4 Å². The molecule has 1 aromatic carbocycles. The van der Waals surface area contributed by atoms with Gasteiger partial charge in [0.25, 0.3) is 0 Å². The minimum atomic E-state index is -0.189. The van der Waals surface area contributed by atoms with Crippen LogP contribution < -0.4 is 9.47 Å². The van der Waals surface area contributed by atoms with E-state index in [1.807, 2.05) is 18.2 Å². The molecule has 0 aliphatic carbocycles. The van der Waals surface area contributed by atoms with Crippen molar-refractivity contribution < 1.29 is 19.0 Å². The number of benzene rings is 1. The van der Waals surface area contributed by atoms with Crippen LogP contribution >= 0.6 is 15.9 Å². The summed E-state index contributed by atoms with van der Waals surface area (Å²) in [6, 6.07) is 5.85.